The molecule has 1 unspecified atom stereocenters. The number of Topliss-reactive ketones (excluding diaryl/α,β-unsaturated/α-hetero) is 1. The van der Waals surface area contributed by atoms with Crippen LogP contribution in [0.15, 0.2) is 78.4 Å². The minimum atomic E-state index is -1.02. The van der Waals surface area contributed by atoms with Crippen molar-refractivity contribution in [1.82, 2.24) is 0 Å². The molecule has 8 nitrogen and oxygen atoms in total. The van der Waals surface area contributed by atoms with Crippen LogP contribution in [0.3, 0.4) is 0 Å². The minimum Gasteiger partial charge on any atom is -0.508 e. The van der Waals surface area contributed by atoms with Crippen molar-refractivity contribution in [3.05, 3.63) is 95.1 Å². The van der Waals surface area contributed by atoms with E-state index in [2.05, 4.69) is 0 Å². The van der Waals surface area contributed by atoms with E-state index >= 15 is 0 Å². The summed E-state index contributed by atoms with van der Waals surface area (Å²) in [6.45, 7) is 4.59. The summed E-state index contributed by atoms with van der Waals surface area (Å²) in [5.41, 5.74) is 1.20. The van der Waals surface area contributed by atoms with E-state index in [0.29, 0.717) is 29.9 Å². The number of esters is 1. The second-order valence-corrected chi connectivity index (χ2v) is 8.82. The van der Waals surface area contributed by atoms with Crippen LogP contribution in [0.4, 0.5) is 5.69 Å². The van der Waals surface area contributed by atoms with Crippen LogP contribution < -0.4 is 9.64 Å². The largest absolute Gasteiger partial charge is 0.508 e. The first kappa shape index (κ1) is 26.5. The summed E-state index contributed by atoms with van der Waals surface area (Å²) in [5, 5.41) is 21.2. The SMILES string of the molecule is CCCOC(=O)c1cccc(N2C(=O)C(=O)/C(=C(/O)c3cccc(OCCC)c3)C2c2ccc(O)cc2)c1. The number of aliphatic hydroxyl groups excluding tert-OH is 1. The molecule has 1 atom stereocenters. The summed E-state index contributed by atoms with van der Waals surface area (Å²) in [6, 6.07) is 17.9. The zero-order valence-corrected chi connectivity index (χ0v) is 21.2. The Labute approximate surface area is 220 Å². The zero-order valence-electron chi connectivity index (χ0n) is 21.2. The summed E-state index contributed by atoms with van der Waals surface area (Å²) >= 11 is 0. The van der Waals surface area contributed by atoms with Gasteiger partial charge in [-0.1, -0.05) is 44.2 Å². The highest BCUT2D eigenvalue weighted by Crippen LogP contribution is 2.42. The molecule has 0 radical (unpaired) electrons. The molecule has 38 heavy (non-hydrogen) atoms. The highest BCUT2D eigenvalue weighted by molar-refractivity contribution is 6.51. The number of carbonyl (C=O) groups excluding carboxylic acids is 3. The minimum absolute atomic E-state index is 0.00661. The monoisotopic (exact) mass is 515 g/mol. The van der Waals surface area contributed by atoms with Gasteiger partial charge in [-0.25, -0.2) is 4.79 Å². The molecule has 1 heterocycles. The van der Waals surface area contributed by atoms with Gasteiger partial charge in [-0.2, -0.15) is 0 Å². The van der Waals surface area contributed by atoms with Crippen LogP contribution in [0, 0.1) is 0 Å². The molecule has 1 aliphatic rings. The zero-order chi connectivity index (χ0) is 27.2. The molecule has 2 N–H and O–H groups in total. The first-order chi connectivity index (χ1) is 18.3. The molecule has 3 aromatic carbocycles. The lowest BCUT2D eigenvalue weighted by molar-refractivity contribution is -0.132. The van der Waals surface area contributed by atoms with Gasteiger partial charge in [-0.05, 0) is 60.9 Å². The van der Waals surface area contributed by atoms with E-state index in [1.807, 2.05) is 13.8 Å². The second-order valence-electron chi connectivity index (χ2n) is 8.82. The van der Waals surface area contributed by atoms with E-state index in [1.165, 1.54) is 23.1 Å². The maximum atomic E-state index is 13.4. The molecular formula is C30H29NO7. The summed E-state index contributed by atoms with van der Waals surface area (Å²) in [6.07, 6.45) is 1.46. The molecule has 1 saturated heterocycles. The van der Waals surface area contributed by atoms with Gasteiger partial charge in [0.05, 0.1) is 30.4 Å². The number of hydrogen-bond acceptors (Lipinski definition) is 7. The topological polar surface area (TPSA) is 113 Å². The average Bonchev–Trinajstić information content (AvgIpc) is 3.20. The van der Waals surface area contributed by atoms with Crippen molar-refractivity contribution in [2.45, 2.75) is 32.7 Å². The normalized spacial score (nSPS) is 16.5. The summed E-state index contributed by atoms with van der Waals surface area (Å²) in [4.78, 5) is 40.5. The maximum absolute atomic E-state index is 13.4. The van der Waals surface area contributed by atoms with Crippen LogP contribution in [0.2, 0.25) is 0 Å². The van der Waals surface area contributed by atoms with Crippen molar-refractivity contribution in [3.8, 4) is 11.5 Å². The van der Waals surface area contributed by atoms with Gasteiger partial charge < -0.3 is 19.7 Å². The summed E-state index contributed by atoms with van der Waals surface area (Å²) in [7, 11) is 0. The number of nitrogens with zero attached hydrogens (tertiary/aromatic N) is 1. The van der Waals surface area contributed by atoms with Gasteiger partial charge in [-0.3, -0.25) is 14.5 Å². The Hall–Kier alpha value is -4.59. The molecule has 8 heteroatoms. The van der Waals surface area contributed by atoms with Gasteiger partial charge in [0.2, 0.25) is 0 Å². The quantitative estimate of drug-likeness (QED) is 0.170. The molecule has 1 fully saturated rings. The van der Waals surface area contributed by atoms with Gasteiger partial charge >= 0.3 is 5.97 Å². The Kier molecular flexibility index (Phi) is 8.11. The van der Waals surface area contributed by atoms with Crippen LogP contribution in [-0.4, -0.2) is 41.1 Å². The van der Waals surface area contributed by atoms with E-state index in [0.717, 1.165) is 6.42 Å². The number of phenolic OH excluding ortho intramolecular Hbond substituents is 1. The van der Waals surface area contributed by atoms with Crippen molar-refractivity contribution in [2.24, 2.45) is 0 Å². The first-order valence-corrected chi connectivity index (χ1v) is 12.5. The van der Waals surface area contributed by atoms with Crippen LogP contribution in [0.25, 0.3) is 5.76 Å². The van der Waals surface area contributed by atoms with Gasteiger partial charge in [0.15, 0.2) is 0 Å². The predicted octanol–water partition coefficient (Wildman–Crippen LogP) is 5.37. The third-order valence-electron chi connectivity index (χ3n) is 6.03. The second kappa shape index (κ2) is 11.6. The number of aliphatic hydroxyl groups is 1. The van der Waals surface area contributed by atoms with Crippen molar-refractivity contribution in [3.63, 3.8) is 0 Å². The summed E-state index contributed by atoms with van der Waals surface area (Å²) in [5.74, 6) is -2.11. The first-order valence-electron chi connectivity index (χ1n) is 12.5. The Morgan fingerprint density at radius 1 is 0.895 bits per heavy atom. The van der Waals surface area contributed by atoms with Crippen molar-refractivity contribution < 1.29 is 34.1 Å². The molecule has 0 saturated carbocycles. The molecule has 0 aromatic heterocycles. The Balaban J connectivity index is 1.84. The molecule has 4 rings (SSSR count). The smallest absolute Gasteiger partial charge is 0.338 e. The summed E-state index contributed by atoms with van der Waals surface area (Å²) < 4.78 is 10.9. The number of hydrogen-bond donors (Lipinski definition) is 2. The lowest BCUT2D eigenvalue weighted by Crippen LogP contribution is -2.29. The lowest BCUT2D eigenvalue weighted by atomic mass is 9.95. The highest BCUT2D eigenvalue weighted by Gasteiger charge is 2.47. The number of anilines is 1. The fourth-order valence-electron chi connectivity index (χ4n) is 4.24. The third kappa shape index (κ3) is 5.39. The number of amides is 1. The Bertz CT molecular complexity index is 1380. The fourth-order valence-corrected chi connectivity index (χ4v) is 4.24. The number of aromatic hydroxyl groups is 1. The van der Waals surface area contributed by atoms with Gasteiger partial charge in [0.25, 0.3) is 11.7 Å². The number of ketones is 1. The van der Waals surface area contributed by atoms with Crippen molar-refractivity contribution in [1.29, 1.82) is 0 Å². The van der Waals surface area contributed by atoms with Crippen LogP contribution in [-0.2, 0) is 14.3 Å². The van der Waals surface area contributed by atoms with Crippen LogP contribution in [0.1, 0.15) is 54.2 Å². The van der Waals surface area contributed by atoms with E-state index in [-0.39, 0.29) is 34.9 Å². The van der Waals surface area contributed by atoms with E-state index in [1.54, 1.807) is 54.6 Å². The molecule has 1 aliphatic heterocycles. The molecule has 0 bridgehead atoms. The van der Waals surface area contributed by atoms with Gasteiger partial charge in [-0.15, -0.1) is 0 Å². The molecular weight excluding hydrogens is 486 g/mol. The number of benzene rings is 3. The third-order valence-corrected chi connectivity index (χ3v) is 6.03. The van der Waals surface area contributed by atoms with Gasteiger partial charge in [0, 0.05) is 11.3 Å². The standard InChI is InChI=1S/C30H29NO7/c1-3-15-37-24-10-6-7-20(18-24)27(33)25-26(19-11-13-23(32)14-12-19)31(29(35)28(25)34)22-9-5-8-21(17-22)30(36)38-16-4-2/h5-14,17-18,26,32-33H,3-4,15-16H2,1-2H3/b27-25+. The Morgan fingerprint density at radius 2 is 1.58 bits per heavy atom. The number of rotatable bonds is 9. The van der Waals surface area contributed by atoms with E-state index < -0.39 is 23.7 Å². The maximum Gasteiger partial charge on any atom is 0.338 e. The van der Waals surface area contributed by atoms with Crippen molar-refractivity contribution >= 4 is 29.1 Å². The van der Waals surface area contributed by atoms with Gasteiger partial charge in [0.1, 0.15) is 17.3 Å². The lowest BCUT2D eigenvalue weighted by Gasteiger charge is -2.26. The number of ether oxygens (including phenoxy) is 2. The van der Waals surface area contributed by atoms with Crippen LogP contribution >= 0.6 is 0 Å². The van der Waals surface area contributed by atoms with Crippen LogP contribution in [0.5, 0.6) is 11.5 Å². The molecule has 0 aliphatic carbocycles. The molecule has 3 aromatic rings. The highest BCUT2D eigenvalue weighted by atomic mass is 16.5. The number of carbonyl (C=O) groups is 3. The molecule has 0 spiro atoms. The molecule has 196 valence electrons. The predicted molar refractivity (Wildman–Crippen MR) is 142 cm³/mol. The Morgan fingerprint density at radius 3 is 2.29 bits per heavy atom. The number of phenols is 1. The fraction of sp³-hybridized carbons (Fsp3) is 0.233. The van der Waals surface area contributed by atoms with Crippen molar-refractivity contribution in [2.75, 3.05) is 18.1 Å². The molecule has 1 amide bonds. The van der Waals surface area contributed by atoms with E-state index in [4.69, 9.17) is 9.47 Å². The van der Waals surface area contributed by atoms with E-state index in [9.17, 15) is 24.6 Å². The average molecular weight is 516 g/mol.